The Morgan fingerprint density at radius 1 is 0.615 bits per heavy atom. The predicted molar refractivity (Wildman–Crippen MR) is 34.3 cm³/mol. The van der Waals surface area contributed by atoms with Crippen LogP contribution in [-0.4, -0.2) is 38.3 Å². The van der Waals surface area contributed by atoms with Crippen LogP contribution in [0.5, 0.6) is 0 Å². The van der Waals surface area contributed by atoms with Crippen LogP contribution in [-0.2, 0) is 4.57 Å². The van der Waals surface area contributed by atoms with Crippen LogP contribution in [0.15, 0.2) is 0 Å². The Balaban J connectivity index is -0.00000000125. The van der Waals surface area contributed by atoms with Gasteiger partial charge in [-0.15, -0.1) is 0 Å². The second-order valence-corrected chi connectivity index (χ2v) is 0.750. The average Bonchev–Trinajstić information content (AvgIpc) is 0.811. The molecule has 0 spiro atoms. The van der Waals surface area contributed by atoms with Gasteiger partial charge in [-0.1, -0.05) is 8.25 Å². The standard InChI is InChI=1S/2Na.H3O3P.7H2O/c;;1-4(2)3;;;;;;;/h;;4H,(H2,1,2,3);7*1H2/q2*+1;;;;;;;;/p-2. The van der Waals surface area contributed by atoms with Crippen molar-refractivity contribution in [1.82, 2.24) is 0 Å². The minimum atomic E-state index is -3.63. The van der Waals surface area contributed by atoms with E-state index in [0.717, 1.165) is 0 Å². The van der Waals surface area contributed by atoms with E-state index in [1.165, 1.54) is 0 Å². The van der Waals surface area contributed by atoms with E-state index in [9.17, 15) is 0 Å². The Hall–Kier alpha value is 1.87. The van der Waals surface area contributed by atoms with E-state index < -0.39 is 8.25 Å². The summed E-state index contributed by atoms with van der Waals surface area (Å²) in [5, 5.41) is 0. The van der Waals surface area contributed by atoms with Crippen molar-refractivity contribution in [3.63, 3.8) is 0 Å². The summed E-state index contributed by atoms with van der Waals surface area (Å²) >= 11 is 0. The zero-order chi connectivity index (χ0) is 3.58. The normalized spacial score (nSPS) is 2.69. The third-order valence-corrected chi connectivity index (χ3v) is 0. The number of hydrogen-bond donors (Lipinski definition) is 0. The zero-order valence-electron chi connectivity index (χ0n) is 7.22. The van der Waals surface area contributed by atoms with E-state index in [0.29, 0.717) is 0 Å². The van der Waals surface area contributed by atoms with Crippen molar-refractivity contribution in [2.24, 2.45) is 0 Å². The first-order valence-electron chi connectivity index (χ1n) is 0.612. The van der Waals surface area contributed by atoms with Gasteiger partial charge in [-0.2, -0.15) is 0 Å². The molecule has 0 atom stereocenters. The molecule has 0 aliphatic rings. The smallest absolute Gasteiger partial charge is 0.813 e. The van der Waals surface area contributed by atoms with Crippen LogP contribution >= 0.6 is 8.25 Å². The molecule has 0 aromatic rings. The molecule has 0 saturated heterocycles. The molecule has 0 bridgehead atoms. The summed E-state index contributed by atoms with van der Waals surface area (Å²) in [5.41, 5.74) is 0. The van der Waals surface area contributed by atoms with Crippen molar-refractivity contribution < 1.29 is 112 Å². The molecule has 0 heterocycles. The summed E-state index contributed by atoms with van der Waals surface area (Å²) in [7, 11) is -3.63. The van der Waals surface area contributed by atoms with E-state index >= 15 is 0 Å². The van der Waals surface area contributed by atoms with Crippen LogP contribution in [0.3, 0.4) is 0 Å². The van der Waals surface area contributed by atoms with Gasteiger partial charge in [0.1, 0.15) is 0 Å². The SMILES string of the molecule is O.O.O.O.O.O.O.O=[PH]([O-])[O-].[Na+].[Na+]. The molecule has 0 aromatic carbocycles. The molecule has 0 amide bonds. The van der Waals surface area contributed by atoms with Gasteiger partial charge >= 0.3 is 59.1 Å². The molecule has 14 N–H and O–H groups in total. The molecule has 0 aliphatic carbocycles. The molecule has 13 heavy (non-hydrogen) atoms. The summed E-state index contributed by atoms with van der Waals surface area (Å²) in [4.78, 5) is 17.0. The van der Waals surface area contributed by atoms with Gasteiger partial charge in [0.05, 0.1) is 0 Å². The van der Waals surface area contributed by atoms with E-state index in [4.69, 9.17) is 14.4 Å². The molecule has 0 rings (SSSR count). The molecule has 82 valence electrons. The first kappa shape index (κ1) is 121. The maximum Gasteiger partial charge on any atom is 1.00 e. The second-order valence-electron chi connectivity index (χ2n) is 0.250. The Morgan fingerprint density at radius 3 is 0.615 bits per heavy atom. The van der Waals surface area contributed by atoms with Crippen LogP contribution in [0.25, 0.3) is 0 Å². The fourth-order valence-corrected chi connectivity index (χ4v) is 0. The van der Waals surface area contributed by atoms with Gasteiger partial charge in [0.15, 0.2) is 0 Å². The molecule has 0 aromatic heterocycles. The van der Waals surface area contributed by atoms with Crippen LogP contribution in [0.2, 0.25) is 0 Å². The van der Waals surface area contributed by atoms with Gasteiger partial charge in [0.2, 0.25) is 0 Å². The molecule has 0 unspecified atom stereocenters. The largest absolute Gasteiger partial charge is 1.00 e. The summed E-state index contributed by atoms with van der Waals surface area (Å²) in [5.74, 6) is 0. The molecule has 0 saturated carbocycles. The van der Waals surface area contributed by atoms with Gasteiger partial charge < -0.3 is 52.7 Å². The minimum absolute atomic E-state index is 0. The zero-order valence-corrected chi connectivity index (χ0v) is 12.2. The molecule has 0 fully saturated rings. The van der Waals surface area contributed by atoms with Crippen molar-refractivity contribution >= 4 is 8.25 Å². The van der Waals surface area contributed by atoms with Crippen LogP contribution in [0, 0.1) is 0 Å². The topological polar surface area (TPSA) is 284 Å². The minimum Gasteiger partial charge on any atom is -0.813 e. The third-order valence-electron chi connectivity index (χ3n) is 0. The predicted octanol–water partition coefficient (Wildman–Crippen LogP) is -13.7. The summed E-state index contributed by atoms with van der Waals surface area (Å²) in [6, 6.07) is 0. The number of hydrogen-bond acceptors (Lipinski definition) is 3. The van der Waals surface area contributed by atoms with E-state index in [1.54, 1.807) is 0 Å². The Bertz CT molecular complexity index is 35.9. The van der Waals surface area contributed by atoms with Crippen molar-refractivity contribution in [3.05, 3.63) is 0 Å². The van der Waals surface area contributed by atoms with Crippen molar-refractivity contribution in [3.8, 4) is 0 Å². The van der Waals surface area contributed by atoms with Gasteiger partial charge in [-0.25, -0.2) is 0 Å². The van der Waals surface area contributed by atoms with E-state index in [1.807, 2.05) is 0 Å². The van der Waals surface area contributed by atoms with Crippen molar-refractivity contribution in [2.45, 2.75) is 0 Å². The van der Waals surface area contributed by atoms with Crippen molar-refractivity contribution in [2.75, 3.05) is 0 Å². The quantitative estimate of drug-likeness (QED) is 0.299. The fraction of sp³-hybridized carbons (Fsp3) is 0. The third kappa shape index (κ3) is 559. The van der Waals surface area contributed by atoms with Gasteiger partial charge in [0, 0.05) is 0 Å². The average molecular weight is 252 g/mol. The van der Waals surface area contributed by atoms with Crippen LogP contribution in [0.4, 0.5) is 0 Å². The van der Waals surface area contributed by atoms with Crippen LogP contribution < -0.4 is 68.9 Å². The monoisotopic (exact) mass is 252 g/mol. The molecular weight excluding hydrogens is 237 g/mol. The fourth-order valence-electron chi connectivity index (χ4n) is 0. The Labute approximate surface area is 119 Å². The first-order valence-corrected chi connectivity index (χ1v) is 1.84. The molecular formula is H15Na2O10P. The van der Waals surface area contributed by atoms with Gasteiger partial charge in [-0.3, -0.25) is 0 Å². The Kier molecular flexibility index (Phi) is 899. The summed E-state index contributed by atoms with van der Waals surface area (Å²) in [6.45, 7) is 0. The van der Waals surface area contributed by atoms with Crippen molar-refractivity contribution in [1.29, 1.82) is 0 Å². The van der Waals surface area contributed by atoms with E-state index in [2.05, 4.69) is 0 Å². The first-order chi connectivity index (χ1) is 1.73. The Morgan fingerprint density at radius 2 is 0.615 bits per heavy atom. The second kappa shape index (κ2) is 96.9. The maximum absolute atomic E-state index is 8.52. The van der Waals surface area contributed by atoms with Gasteiger partial charge in [-0.05, 0) is 0 Å². The van der Waals surface area contributed by atoms with Crippen LogP contribution in [0.1, 0.15) is 0 Å². The number of rotatable bonds is 0. The van der Waals surface area contributed by atoms with E-state index in [-0.39, 0.29) is 97.4 Å². The van der Waals surface area contributed by atoms with Gasteiger partial charge in [0.25, 0.3) is 0 Å². The molecule has 0 radical (unpaired) electrons. The molecule has 0 aliphatic heterocycles. The molecule has 13 heteroatoms. The maximum atomic E-state index is 8.52. The summed E-state index contributed by atoms with van der Waals surface area (Å²) < 4.78 is 8.52. The molecule has 10 nitrogen and oxygen atoms in total. The summed E-state index contributed by atoms with van der Waals surface area (Å²) in [6.07, 6.45) is 0.